The van der Waals surface area contributed by atoms with E-state index in [0.29, 0.717) is 0 Å². The van der Waals surface area contributed by atoms with Crippen LogP contribution in [-0.4, -0.2) is 131 Å². The van der Waals surface area contributed by atoms with Crippen molar-refractivity contribution in [2.75, 3.05) is 13.2 Å². The quantitative estimate of drug-likeness (QED) is 0.113. The molecule has 0 radical (unpaired) electrons. The number of rotatable bonds is 8. The lowest BCUT2D eigenvalue weighted by Gasteiger charge is -2.41. The van der Waals surface area contributed by atoms with E-state index in [0.717, 1.165) is 24.3 Å². The van der Waals surface area contributed by atoms with Gasteiger partial charge in [-0.2, -0.15) is 0 Å². The minimum atomic E-state index is -1.93. The van der Waals surface area contributed by atoms with Crippen molar-refractivity contribution in [1.29, 1.82) is 0 Å². The third-order valence-corrected chi connectivity index (χ3v) is 7.33. The van der Waals surface area contributed by atoms with E-state index in [-0.39, 0.29) is 11.1 Å². The van der Waals surface area contributed by atoms with Crippen molar-refractivity contribution in [2.24, 2.45) is 0 Å². The van der Waals surface area contributed by atoms with Gasteiger partial charge in [0.05, 0.1) is 13.2 Å². The molecule has 11 N–H and O–H groups in total. The minimum absolute atomic E-state index is 0.0503. The van der Waals surface area contributed by atoms with Gasteiger partial charge in [0.25, 0.3) is 0 Å². The monoisotopic (exact) mass is 626 g/mol. The lowest BCUT2D eigenvalue weighted by molar-refractivity contribution is -0.319. The predicted molar refractivity (Wildman–Crippen MR) is 142 cm³/mol. The van der Waals surface area contributed by atoms with E-state index in [1.807, 2.05) is 0 Å². The van der Waals surface area contributed by atoms with Crippen molar-refractivity contribution >= 4 is 11.0 Å². The molecule has 0 aliphatic carbocycles. The molecule has 2 saturated heterocycles. The predicted octanol–water partition coefficient (Wildman–Crippen LogP) is -2.71. The highest BCUT2D eigenvalue weighted by Gasteiger charge is 2.53. The van der Waals surface area contributed by atoms with Gasteiger partial charge in [0.1, 0.15) is 71.3 Å². The topological polar surface area (TPSA) is 290 Å². The van der Waals surface area contributed by atoms with Crippen molar-refractivity contribution in [2.45, 2.75) is 61.4 Å². The van der Waals surface area contributed by atoms with Crippen LogP contribution in [0, 0.1) is 0 Å². The zero-order chi connectivity index (χ0) is 32.0. The first kappa shape index (κ1) is 31.7. The van der Waals surface area contributed by atoms with Gasteiger partial charge in [-0.05, 0) is 18.2 Å². The van der Waals surface area contributed by atoms with Crippen molar-refractivity contribution in [3.8, 4) is 40.1 Å². The van der Waals surface area contributed by atoms with Gasteiger partial charge in [-0.25, -0.2) is 0 Å². The Labute approximate surface area is 246 Å². The molecule has 17 heteroatoms. The van der Waals surface area contributed by atoms with Crippen LogP contribution < -0.4 is 10.2 Å². The Morgan fingerprint density at radius 3 is 2.20 bits per heavy atom. The van der Waals surface area contributed by atoms with Gasteiger partial charge in [0.2, 0.25) is 17.5 Å². The van der Waals surface area contributed by atoms with Crippen LogP contribution in [0.1, 0.15) is 0 Å². The maximum absolute atomic E-state index is 13.6. The van der Waals surface area contributed by atoms with Crippen LogP contribution in [0.15, 0.2) is 39.5 Å². The molecule has 5 rings (SSSR count). The van der Waals surface area contributed by atoms with Gasteiger partial charge in [0, 0.05) is 17.7 Å². The van der Waals surface area contributed by atoms with E-state index >= 15 is 0 Å². The summed E-state index contributed by atoms with van der Waals surface area (Å²) in [5.74, 6) is -3.43. The number of aromatic hydroxyl groups is 4. The number of benzene rings is 2. The van der Waals surface area contributed by atoms with Crippen LogP contribution in [0.2, 0.25) is 0 Å². The summed E-state index contributed by atoms with van der Waals surface area (Å²) in [4.78, 5) is 13.6. The van der Waals surface area contributed by atoms with Crippen LogP contribution >= 0.6 is 0 Å². The number of ether oxygens (including phenoxy) is 4. The summed E-state index contributed by atoms with van der Waals surface area (Å²) in [6.07, 6.45) is -17.5. The van der Waals surface area contributed by atoms with Crippen LogP contribution in [0.4, 0.5) is 0 Å². The van der Waals surface area contributed by atoms with Gasteiger partial charge in [0.15, 0.2) is 23.5 Å². The maximum atomic E-state index is 13.6. The maximum Gasteiger partial charge on any atom is 0.239 e. The first-order valence-electron chi connectivity index (χ1n) is 13.2. The highest BCUT2D eigenvalue weighted by atomic mass is 16.8. The van der Waals surface area contributed by atoms with Gasteiger partial charge in [-0.15, -0.1) is 0 Å². The van der Waals surface area contributed by atoms with Crippen molar-refractivity contribution in [3.63, 3.8) is 0 Å². The van der Waals surface area contributed by atoms with Crippen LogP contribution in [-0.2, 0) is 14.2 Å². The molecule has 0 unspecified atom stereocenters. The van der Waals surface area contributed by atoms with E-state index in [9.17, 15) is 61.0 Å². The molecule has 1 aromatic heterocycles. The smallest absolute Gasteiger partial charge is 0.239 e. The average molecular weight is 627 g/mol. The fourth-order valence-corrected chi connectivity index (χ4v) is 5.01. The Kier molecular flexibility index (Phi) is 8.87. The number of aliphatic hydroxyl groups excluding tert-OH is 7. The number of phenolic OH excluding ortho intramolecular Hbond substituents is 4. The standard InChI is InChI=1S/C27H30O17/c28-6-13(34)23-25(44-26-20(38)19(37)17(35)15(7-29)41-26)21(39)27(42-23)43-24-18(36)16-12(33)4-9(30)5-14(16)40-22(24)8-1-2-10(31)11(32)3-8/h1-5,13,15,17,19-21,23,25-35,37-39H,6-7H2/t13-,15-,17-,19+,20-,21-,23-,25-,26+,27+/m1/s1. The molecule has 10 atom stereocenters. The SMILES string of the molecule is O=c1c(O[C@@H]2O[C@H]([C@H](O)CO)[C@H](O[C@@H]3O[C@H](CO)[C@@H](O)[C@H](O)[C@H]3O)[C@H]2O)c(-c2ccc(O)c(O)c2)oc2cc(O)cc(O)c12. The number of fused-ring (bicyclic) bond motifs is 1. The van der Waals surface area contributed by atoms with Crippen LogP contribution in [0.5, 0.6) is 28.7 Å². The molecule has 0 amide bonds. The van der Waals surface area contributed by atoms with Crippen molar-refractivity contribution in [3.05, 3.63) is 40.6 Å². The highest BCUT2D eigenvalue weighted by Crippen LogP contribution is 2.40. The Morgan fingerprint density at radius 1 is 0.818 bits per heavy atom. The Bertz CT molecular complexity index is 1560. The molecular weight excluding hydrogens is 596 g/mol. The molecule has 2 fully saturated rings. The molecule has 240 valence electrons. The molecule has 2 aliphatic rings. The van der Waals surface area contributed by atoms with Crippen molar-refractivity contribution in [1.82, 2.24) is 0 Å². The summed E-state index contributed by atoms with van der Waals surface area (Å²) < 4.78 is 28.0. The molecule has 44 heavy (non-hydrogen) atoms. The molecule has 0 saturated carbocycles. The van der Waals surface area contributed by atoms with E-state index < -0.39 is 120 Å². The fraction of sp³-hybridized carbons (Fsp3) is 0.444. The number of hydrogen-bond donors (Lipinski definition) is 11. The molecule has 2 aromatic carbocycles. The van der Waals surface area contributed by atoms with E-state index in [2.05, 4.69) is 0 Å². The second-order valence-electron chi connectivity index (χ2n) is 10.3. The summed E-state index contributed by atoms with van der Waals surface area (Å²) in [7, 11) is 0. The van der Waals surface area contributed by atoms with Gasteiger partial charge < -0.3 is 79.5 Å². The van der Waals surface area contributed by atoms with Gasteiger partial charge in [-0.1, -0.05) is 0 Å². The van der Waals surface area contributed by atoms with Gasteiger partial charge in [-0.3, -0.25) is 4.79 Å². The third kappa shape index (κ3) is 5.61. The van der Waals surface area contributed by atoms with Gasteiger partial charge >= 0.3 is 0 Å². The van der Waals surface area contributed by atoms with Crippen LogP contribution in [0.3, 0.4) is 0 Å². The zero-order valence-electron chi connectivity index (χ0n) is 22.4. The number of phenols is 4. The first-order valence-corrected chi connectivity index (χ1v) is 13.2. The molecule has 17 nitrogen and oxygen atoms in total. The summed E-state index contributed by atoms with van der Waals surface area (Å²) in [5, 5.41) is 111. The number of hydrogen-bond acceptors (Lipinski definition) is 17. The highest BCUT2D eigenvalue weighted by molar-refractivity contribution is 5.88. The molecule has 0 bridgehead atoms. The minimum Gasteiger partial charge on any atom is -0.508 e. The Balaban J connectivity index is 1.54. The van der Waals surface area contributed by atoms with E-state index in [1.54, 1.807) is 0 Å². The lowest BCUT2D eigenvalue weighted by Crippen LogP contribution is -2.61. The second-order valence-corrected chi connectivity index (χ2v) is 10.3. The van der Waals surface area contributed by atoms with Crippen LogP contribution in [0.25, 0.3) is 22.3 Å². The molecule has 2 aliphatic heterocycles. The van der Waals surface area contributed by atoms with E-state index in [4.69, 9.17) is 23.4 Å². The lowest BCUT2D eigenvalue weighted by atomic mass is 9.99. The molecular formula is C27H30O17. The second kappa shape index (κ2) is 12.3. The Hall–Kier alpha value is -3.75. The molecule has 3 heterocycles. The third-order valence-electron chi connectivity index (χ3n) is 7.33. The molecule has 0 spiro atoms. The fourth-order valence-electron chi connectivity index (χ4n) is 5.01. The summed E-state index contributed by atoms with van der Waals surface area (Å²) in [6.45, 7) is -1.72. The first-order chi connectivity index (χ1) is 20.9. The van der Waals surface area contributed by atoms with Crippen molar-refractivity contribution < 1.29 is 79.5 Å². The Morgan fingerprint density at radius 2 is 1.55 bits per heavy atom. The summed E-state index contributed by atoms with van der Waals surface area (Å²) in [6, 6.07) is 5.17. The molecule has 3 aromatic rings. The number of aliphatic hydroxyl groups is 7. The summed E-state index contributed by atoms with van der Waals surface area (Å²) >= 11 is 0. The van der Waals surface area contributed by atoms with E-state index in [1.165, 1.54) is 6.07 Å². The summed E-state index contributed by atoms with van der Waals surface area (Å²) in [5.41, 5.74) is -1.40. The zero-order valence-corrected chi connectivity index (χ0v) is 22.4. The normalized spacial score (nSPS) is 31.3. The average Bonchev–Trinajstić information content (AvgIpc) is 3.29. The largest absolute Gasteiger partial charge is 0.508 e.